The topological polar surface area (TPSA) is 61.4 Å². The molecule has 0 aromatic heterocycles. The Balaban J connectivity index is 2.18. The molecule has 4 heteroatoms. The first-order chi connectivity index (χ1) is 5.74. The Bertz CT molecular complexity index is 161. The number of carbonyl (C=O) groups is 1. The summed E-state index contributed by atoms with van der Waals surface area (Å²) >= 11 is 0. The molecule has 0 bridgehead atoms. The summed E-state index contributed by atoms with van der Waals surface area (Å²) in [6.07, 6.45) is 2.74. The van der Waals surface area contributed by atoms with Gasteiger partial charge >= 0.3 is 6.03 Å². The first-order valence-corrected chi connectivity index (χ1v) is 4.37. The third-order valence-corrected chi connectivity index (χ3v) is 2.37. The summed E-state index contributed by atoms with van der Waals surface area (Å²) in [5.41, 5.74) is 0. The molecule has 1 aliphatic rings. The fourth-order valence-electron chi connectivity index (χ4n) is 1.57. The zero-order valence-corrected chi connectivity index (χ0v) is 7.34. The molecular weight excluding hydrogens is 156 g/mol. The Hall–Kier alpha value is -0.770. The van der Waals surface area contributed by atoms with Crippen LogP contribution in [0.2, 0.25) is 0 Å². The number of aliphatic hydroxyl groups excluding tert-OH is 1. The van der Waals surface area contributed by atoms with E-state index in [1.54, 1.807) is 7.05 Å². The summed E-state index contributed by atoms with van der Waals surface area (Å²) in [5, 5.41) is 14.6. The zero-order chi connectivity index (χ0) is 8.97. The van der Waals surface area contributed by atoms with Crippen LogP contribution in [0.3, 0.4) is 0 Å². The van der Waals surface area contributed by atoms with Crippen LogP contribution in [-0.4, -0.2) is 30.8 Å². The van der Waals surface area contributed by atoms with Crippen LogP contribution in [0.25, 0.3) is 0 Å². The number of hydrogen-bond acceptors (Lipinski definition) is 2. The van der Waals surface area contributed by atoms with E-state index in [9.17, 15) is 9.90 Å². The van der Waals surface area contributed by atoms with Crippen LogP contribution in [0, 0.1) is 5.92 Å². The van der Waals surface area contributed by atoms with Crippen LogP contribution in [0.1, 0.15) is 19.3 Å². The molecule has 2 amide bonds. The highest BCUT2D eigenvalue weighted by atomic mass is 16.3. The molecule has 2 atom stereocenters. The van der Waals surface area contributed by atoms with Crippen LogP contribution in [0.4, 0.5) is 4.79 Å². The molecule has 2 unspecified atom stereocenters. The van der Waals surface area contributed by atoms with Crippen molar-refractivity contribution < 1.29 is 9.90 Å². The van der Waals surface area contributed by atoms with Gasteiger partial charge in [0, 0.05) is 19.5 Å². The van der Waals surface area contributed by atoms with Crippen LogP contribution in [-0.2, 0) is 0 Å². The minimum absolute atomic E-state index is 0.172. The van der Waals surface area contributed by atoms with Crippen LogP contribution >= 0.6 is 0 Å². The molecule has 1 saturated carbocycles. The Morgan fingerprint density at radius 1 is 1.58 bits per heavy atom. The summed E-state index contributed by atoms with van der Waals surface area (Å²) in [5.74, 6) is 0.252. The Morgan fingerprint density at radius 2 is 2.33 bits per heavy atom. The fourth-order valence-corrected chi connectivity index (χ4v) is 1.57. The van der Waals surface area contributed by atoms with Crippen molar-refractivity contribution >= 4 is 6.03 Å². The van der Waals surface area contributed by atoms with Gasteiger partial charge in [0.2, 0.25) is 0 Å². The molecule has 0 spiro atoms. The van der Waals surface area contributed by atoms with E-state index < -0.39 is 0 Å². The van der Waals surface area contributed by atoms with E-state index in [0.29, 0.717) is 6.54 Å². The third-order valence-electron chi connectivity index (χ3n) is 2.37. The maximum atomic E-state index is 10.8. The first kappa shape index (κ1) is 9.32. The summed E-state index contributed by atoms with van der Waals surface area (Å²) in [7, 11) is 1.58. The molecule has 70 valence electrons. The van der Waals surface area contributed by atoms with Gasteiger partial charge in [-0.2, -0.15) is 0 Å². The van der Waals surface area contributed by atoms with Crippen LogP contribution in [0.5, 0.6) is 0 Å². The van der Waals surface area contributed by atoms with Crippen molar-refractivity contribution in [3.63, 3.8) is 0 Å². The number of urea groups is 1. The predicted octanol–water partition coefficient (Wildman–Crippen LogP) is 0.0764. The van der Waals surface area contributed by atoms with Crippen molar-refractivity contribution in [3.05, 3.63) is 0 Å². The largest absolute Gasteiger partial charge is 0.393 e. The summed E-state index contributed by atoms with van der Waals surface area (Å²) < 4.78 is 0. The smallest absolute Gasteiger partial charge is 0.314 e. The van der Waals surface area contributed by atoms with Gasteiger partial charge in [-0.05, 0) is 12.8 Å². The van der Waals surface area contributed by atoms with Crippen LogP contribution in [0.15, 0.2) is 0 Å². The molecule has 0 aromatic rings. The van der Waals surface area contributed by atoms with E-state index >= 15 is 0 Å². The molecule has 0 radical (unpaired) electrons. The molecule has 12 heavy (non-hydrogen) atoms. The Morgan fingerprint density at radius 3 is 2.83 bits per heavy atom. The number of nitrogens with one attached hydrogen (secondary N) is 2. The highest BCUT2D eigenvalue weighted by Gasteiger charge is 2.24. The lowest BCUT2D eigenvalue weighted by Gasteiger charge is -2.14. The molecule has 0 saturated heterocycles. The molecule has 1 aliphatic carbocycles. The first-order valence-electron chi connectivity index (χ1n) is 4.37. The van der Waals surface area contributed by atoms with Gasteiger partial charge in [0.05, 0.1) is 6.10 Å². The van der Waals surface area contributed by atoms with E-state index in [1.165, 1.54) is 0 Å². The van der Waals surface area contributed by atoms with Crippen LogP contribution < -0.4 is 10.6 Å². The number of carbonyl (C=O) groups excluding carboxylic acids is 1. The lowest BCUT2D eigenvalue weighted by molar-refractivity contribution is 0.132. The molecule has 0 aliphatic heterocycles. The van der Waals surface area contributed by atoms with Crippen molar-refractivity contribution in [1.82, 2.24) is 10.6 Å². The fraction of sp³-hybridized carbons (Fsp3) is 0.875. The molecule has 4 nitrogen and oxygen atoms in total. The molecular formula is C8H16N2O2. The van der Waals surface area contributed by atoms with Crippen molar-refractivity contribution in [2.45, 2.75) is 25.4 Å². The standard InChI is InChI=1S/C8H16N2O2/c1-9-8(12)10-5-6-3-2-4-7(6)11/h6-7,11H,2-5H2,1H3,(H2,9,10,12). The van der Waals surface area contributed by atoms with E-state index in [4.69, 9.17) is 0 Å². The van der Waals surface area contributed by atoms with Crippen molar-refractivity contribution in [2.75, 3.05) is 13.6 Å². The predicted molar refractivity (Wildman–Crippen MR) is 45.8 cm³/mol. The SMILES string of the molecule is CNC(=O)NCC1CCCC1O. The normalized spacial score (nSPS) is 28.5. The Kier molecular flexibility index (Phi) is 3.34. The second-order valence-corrected chi connectivity index (χ2v) is 3.22. The Labute approximate surface area is 72.3 Å². The minimum atomic E-state index is -0.220. The van der Waals surface area contributed by atoms with Gasteiger partial charge in [-0.15, -0.1) is 0 Å². The lowest BCUT2D eigenvalue weighted by Crippen LogP contribution is -2.37. The number of aliphatic hydroxyl groups is 1. The second-order valence-electron chi connectivity index (χ2n) is 3.22. The van der Waals surface area contributed by atoms with E-state index in [2.05, 4.69) is 10.6 Å². The van der Waals surface area contributed by atoms with Gasteiger partial charge in [0.1, 0.15) is 0 Å². The average Bonchev–Trinajstić information content (AvgIpc) is 2.47. The van der Waals surface area contributed by atoms with Crippen molar-refractivity contribution in [2.24, 2.45) is 5.92 Å². The van der Waals surface area contributed by atoms with E-state index in [-0.39, 0.29) is 18.1 Å². The molecule has 1 fully saturated rings. The second kappa shape index (κ2) is 4.30. The maximum Gasteiger partial charge on any atom is 0.314 e. The quantitative estimate of drug-likeness (QED) is 0.552. The number of hydrogen-bond donors (Lipinski definition) is 3. The van der Waals surface area contributed by atoms with Crippen molar-refractivity contribution in [3.8, 4) is 0 Å². The maximum absolute atomic E-state index is 10.8. The molecule has 0 aromatic carbocycles. The van der Waals surface area contributed by atoms with Gasteiger partial charge in [0.25, 0.3) is 0 Å². The third kappa shape index (κ3) is 2.37. The number of amides is 2. The highest BCUT2D eigenvalue weighted by molar-refractivity contribution is 5.73. The lowest BCUT2D eigenvalue weighted by atomic mass is 10.1. The monoisotopic (exact) mass is 172 g/mol. The molecule has 0 heterocycles. The van der Waals surface area contributed by atoms with Gasteiger partial charge in [-0.3, -0.25) is 0 Å². The van der Waals surface area contributed by atoms with Crippen molar-refractivity contribution in [1.29, 1.82) is 0 Å². The summed E-state index contributed by atoms with van der Waals surface area (Å²) in [4.78, 5) is 10.8. The van der Waals surface area contributed by atoms with Gasteiger partial charge in [-0.25, -0.2) is 4.79 Å². The van der Waals surface area contributed by atoms with E-state index in [1.807, 2.05) is 0 Å². The van der Waals surface area contributed by atoms with Gasteiger partial charge < -0.3 is 15.7 Å². The van der Waals surface area contributed by atoms with Gasteiger partial charge in [-0.1, -0.05) is 6.42 Å². The minimum Gasteiger partial charge on any atom is -0.393 e. The summed E-state index contributed by atoms with van der Waals surface area (Å²) in [6, 6.07) is -0.172. The van der Waals surface area contributed by atoms with Gasteiger partial charge in [0.15, 0.2) is 0 Å². The highest BCUT2D eigenvalue weighted by Crippen LogP contribution is 2.24. The molecule has 3 N–H and O–H groups in total. The number of rotatable bonds is 2. The molecule has 1 rings (SSSR count). The average molecular weight is 172 g/mol. The summed E-state index contributed by atoms with van der Waals surface area (Å²) in [6.45, 7) is 0.584. The zero-order valence-electron chi connectivity index (χ0n) is 7.34. The van der Waals surface area contributed by atoms with E-state index in [0.717, 1.165) is 19.3 Å².